The minimum Gasteiger partial charge on any atom is -0.360 e. The average Bonchev–Trinajstić information content (AvgIpc) is 2.59. The third-order valence-corrected chi connectivity index (χ3v) is 2.49. The SMILES string of the molecule is CC(C)c1ccc2c(C#N)c[nH]c2c1. The Bertz CT molecular complexity index is 501. The molecular formula is C12H12N2. The second kappa shape index (κ2) is 3.19. The number of nitriles is 1. The first-order chi connectivity index (χ1) is 6.72. The molecule has 0 radical (unpaired) electrons. The van der Waals surface area contributed by atoms with Gasteiger partial charge in [-0.1, -0.05) is 26.0 Å². The number of nitrogens with zero attached hydrogens (tertiary/aromatic N) is 1. The third-order valence-electron chi connectivity index (χ3n) is 2.49. The molecule has 0 atom stereocenters. The fraction of sp³-hybridized carbons (Fsp3) is 0.250. The predicted molar refractivity (Wildman–Crippen MR) is 57.1 cm³/mol. The standard InChI is InChI=1S/C12H12N2/c1-8(2)9-3-4-11-10(6-13)7-14-12(11)5-9/h3-5,7-8,14H,1-2H3. The fourth-order valence-electron chi connectivity index (χ4n) is 1.60. The maximum atomic E-state index is 8.83. The van der Waals surface area contributed by atoms with Gasteiger partial charge in [0.1, 0.15) is 6.07 Å². The van der Waals surface area contributed by atoms with Crippen molar-refractivity contribution in [3.05, 3.63) is 35.5 Å². The molecule has 0 amide bonds. The van der Waals surface area contributed by atoms with Gasteiger partial charge in [-0.25, -0.2) is 0 Å². The summed E-state index contributed by atoms with van der Waals surface area (Å²) >= 11 is 0. The number of rotatable bonds is 1. The number of benzene rings is 1. The Labute approximate surface area is 83.2 Å². The normalized spacial score (nSPS) is 10.7. The van der Waals surface area contributed by atoms with E-state index >= 15 is 0 Å². The van der Waals surface area contributed by atoms with Crippen LogP contribution < -0.4 is 0 Å². The molecule has 1 aromatic carbocycles. The van der Waals surface area contributed by atoms with Gasteiger partial charge in [0, 0.05) is 17.1 Å². The highest BCUT2D eigenvalue weighted by molar-refractivity contribution is 5.86. The van der Waals surface area contributed by atoms with E-state index in [0.717, 1.165) is 16.5 Å². The minimum atomic E-state index is 0.522. The molecule has 0 bridgehead atoms. The smallest absolute Gasteiger partial charge is 0.101 e. The predicted octanol–water partition coefficient (Wildman–Crippen LogP) is 3.16. The van der Waals surface area contributed by atoms with Crippen LogP contribution >= 0.6 is 0 Å². The van der Waals surface area contributed by atoms with E-state index < -0.39 is 0 Å². The Morgan fingerprint density at radius 3 is 2.79 bits per heavy atom. The Morgan fingerprint density at radius 2 is 2.14 bits per heavy atom. The lowest BCUT2D eigenvalue weighted by molar-refractivity contribution is 0.868. The van der Waals surface area contributed by atoms with E-state index in [0.29, 0.717) is 5.92 Å². The van der Waals surface area contributed by atoms with Crippen LogP contribution in [0, 0.1) is 11.3 Å². The molecule has 0 aliphatic rings. The van der Waals surface area contributed by atoms with Crippen molar-refractivity contribution in [3.8, 4) is 6.07 Å². The number of aromatic nitrogens is 1. The molecule has 2 nitrogen and oxygen atoms in total. The quantitative estimate of drug-likeness (QED) is 0.726. The summed E-state index contributed by atoms with van der Waals surface area (Å²) in [5, 5.41) is 9.84. The molecule has 1 N–H and O–H groups in total. The number of fused-ring (bicyclic) bond motifs is 1. The van der Waals surface area contributed by atoms with Gasteiger partial charge >= 0.3 is 0 Å². The van der Waals surface area contributed by atoms with Crippen LogP contribution in [0.1, 0.15) is 30.9 Å². The Kier molecular flexibility index (Phi) is 2.01. The van der Waals surface area contributed by atoms with E-state index in [4.69, 9.17) is 5.26 Å². The molecule has 0 saturated heterocycles. The average molecular weight is 184 g/mol. The summed E-state index contributed by atoms with van der Waals surface area (Å²) in [6, 6.07) is 8.38. The van der Waals surface area contributed by atoms with E-state index in [9.17, 15) is 0 Å². The lowest BCUT2D eigenvalue weighted by Gasteiger charge is -2.04. The lowest BCUT2D eigenvalue weighted by Crippen LogP contribution is -1.85. The van der Waals surface area contributed by atoms with Crippen molar-refractivity contribution >= 4 is 10.9 Å². The molecule has 2 rings (SSSR count). The summed E-state index contributed by atoms with van der Waals surface area (Å²) in [4.78, 5) is 3.11. The van der Waals surface area contributed by atoms with Crippen molar-refractivity contribution < 1.29 is 0 Å². The minimum absolute atomic E-state index is 0.522. The summed E-state index contributed by atoms with van der Waals surface area (Å²) in [5.74, 6) is 0.522. The van der Waals surface area contributed by atoms with Gasteiger partial charge in [0.15, 0.2) is 0 Å². The maximum absolute atomic E-state index is 8.83. The number of aromatic amines is 1. The van der Waals surface area contributed by atoms with E-state index in [2.05, 4.69) is 37.0 Å². The van der Waals surface area contributed by atoms with Crippen LogP contribution in [0.4, 0.5) is 0 Å². The van der Waals surface area contributed by atoms with E-state index in [-0.39, 0.29) is 0 Å². The van der Waals surface area contributed by atoms with Crippen molar-refractivity contribution in [1.82, 2.24) is 4.98 Å². The molecule has 0 unspecified atom stereocenters. The molecule has 2 aromatic rings. The zero-order chi connectivity index (χ0) is 10.1. The van der Waals surface area contributed by atoms with E-state index in [1.807, 2.05) is 6.07 Å². The summed E-state index contributed by atoms with van der Waals surface area (Å²) in [5.41, 5.74) is 3.06. The second-order valence-corrected chi connectivity index (χ2v) is 3.77. The molecule has 1 aromatic heterocycles. The second-order valence-electron chi connectivity index (χ2n) is 3.77. The monoisotopic (exact) mass is 184 g/mol. The third kappa shape index (κ3) is 1.27. The Hall–Kier alpha value is -1.75. The number of nitrogens with one attached hydrogen (secondary N) is 1. The molecule has 0 aliphatic carbocycles. The molecule has 70 valence electrons. The first-order valence-electron chi connectivity index (χ1n) is 4.73. The molecule has 14 heavy (non-hydrogen) atoms. The Morgan fingerprint density at radius 1 is 1.36 bits per heavy atom. The largest absolute Gasteiger partial charge is 0.360 e. The van der Waals surface area contributed by atoms with Crippen LogP contribution in [-0.4, -0.2) is 4.98 Å². The van der Waals surface area contributed by atoms with Crippen LogP contribution in [-0.2, 0) is 0 Å². The van der Waals surface area contributed by atoms with Gasteiger partial charge in [-0.05, 0) is 17.5 Å². The van der Waals surface area contributed by atoms with Crippen LogP contribution in [0.2, 0.25) is 0 Å². The molecule has 0 fully saturated rings. The van der Waals surface area contributed by atoms with Gasteiger partial charge in [-0.3, -0.25) is 0 Å². The molecule has 1 heterocycles. The highest BCUT2D eigenvalue weighted by Gasteiger charge is 2.05. The van der Waals surface area contributed by atoms with Gasteiger partial charge in [0.2, 0.25) is 0 Å². The fourth-order valence-corrected chi connectivity index (χ4v) is 1.60. The number of H-pyrrole nitrogens is 1. The van der Waals surface area contributed by atoms with Crippen molar-refractivity contribution in [2.45, 2.75) is 19.8 Å². The van der Waals surface area contributed by atoms with Gasteiger partial charge in [-0.15, -0.1) is 0 Å². The van der Waals surface area contributed by atoms with Gasteiger partial charge < -0.3 is 4.98 Å². The molecule has 0 aliphatic heterocycles. The van der Waals surface area contributed by atoms with Crippen molar-refractivity contribution in [3.63, 3.8) is 0 Å². The molecule has 0 saturated carbocycles. The van der Waals surface area contributed by atoms with Crippen molar-refractivity contribution in [2.24, 2.45) is 0 Å². The first-order valence-corrected chi connectivity index (χ1v) is 4.73. The number of hydrogen-bond acceptors (Lipinski definition) is 1. The summed E-state index contributed by atoms with van der Waals surface area (Å²) < 4.78 is 0. The zero-order valence-electron chi connectivity index (χ0n) is 8.33. The number of hydrogen-bond donors (Lipinski definition) is 1. The van der Waals surface area contributed by atoms with E-state index in [1.54, 1.807) is 6.20 Å². The lowest BCUT2D eigenvalue weighted by atomic mass is 10.0. The highest BCUT2D eigenvalue weighted by Crippen LogP contribution is 2.22. The summed E-state index contributed by atoms with van der Waals surface area (Å²) in [6.07, 6.45) is 1.76. The molecule has 0 spiro atoms. The molecule has 2 heteroatoms. The van der Waals surface area contributed by atoms with Crippen molar-refractivity contribution in [2.75, 3.05) is 0 Å². The summed E-state index contributed by atoms with van der Waals surface area (Å²) in [6.45, 7) is 4.32. The van der Waals surface area contributed by atoms with Gasteiger partial charge in [0.05, 0.1) is 5.56 Å². The Balaban J connectivity index is 2.64. The van der Waals surface area contributed by atoms with Gasteiger partial charge in [-0.2, -0.15) is 5.26 Å². The van der Waals surface area contributed by atoms with Crippen LogP contribution in [0.15, 0.2) is 24.4 Å². The van der Waals surface area contributed by atoms with Crippen LogP contribution in [0.3, 0.4) is 0 Å². The van der Waals surface area contributed by atoms with Gasteiger partial charge in [0.25, 0.3) is 0 Å². The maximum Gasteiger partial charge on any atom is 0.101 e. The highest BCUT2D eigenvalue weighted by atomic mass is 14.7. The van der Waals surface area contributed by atoms with Crippen LogP contribution in [0.5, 0.6) is 0 Å². The van der Waals surface area contributed by atoms with E-state index in [1.165, 1.54) is 5.56 Å². The molecular weight excluding hydrogens is 172 g/mol. The topological polar surface area (TPSA) is 39.6 Å². The van der Waals surface area contributed by atoms with Crippen LogP contribution in [0.25, 0.3) is 10.9 Å². The van der Waals surface area contributed by atoms with Crippen molar-refractivity contribution in [1.29, 1.82) is 5.26 Å². The first kappa shape index (κ1) is 8.83. The summed E-state index contributed by atoms with van der Waals surface area (Å²) in [7, 11) is 0. The zero-order valence-corrected chi connectivity index (χ0v) is 8.33.